The number of aliphatic carboxylic acids is 1. The van der Waals surface area contributed by atoms with Crippen molar-refractivity contribution >= 4 is 17.8 Å². The zero-order valence-corrected chi connectivity index (χ0v) is 10.3. The Morgan fingerprint density at radius 2 is 1.68 bits per heavy atom. The van der Waals surface area contributed by atoms with Crippen LogP contribution in [0.2, 0.25) is 0 Å². The van der Waals surface area contributed by atoms with Crippen molar-refractivity contribution in [2.75, 3.05) is 6.54 Å². The molecule has 0 saturated heterocycles. The number of imide groups is 1. The van der Waals surface area contributed by atoms with Crippen LogP contribution in [0.3, 0.4) is 0 Å². The van der Waals surface area contributed by atoms with Gasteiger partial charge in [-0.05, 0) is 25.0 Å². The van der Waals surface area contributed by atoms with Crippen molar-refractivity contribution in [3.8, 4) is 0 Å². The molecule has 2 aliphatic rings. The molecule has 1 N–H and O–H groups in total. The Bertz CT molecular complexity index is 554. The lowest BCUT2D eigenvalue weighted by Gasteiger charge is -2.39. The summed E-state index contributed by atoms with van der Waals surface area (Å²) >= 11 is 0. The van der Waals surface area contributed by atoms with Gasteiger partial charge in [0.05, 0.1) is 16.5 Å². The van der Waals surface area contributed by atoms with E-state index in [1.807, 2.05) is 0 Å². The van der Waals surface area contributed by atoms with Gasteiger partial charge in [-0.2, -0.15) is 0 Å². The van der Waals surface area contributed by atoms with Crippen LogP contribution in [0.15, 0.2) is 24.3 Å². The number of rotatable bonds is 3. The zero-order valence-electron chi connectivity index (χ0n) is 10.3. The molecule has 1 heterocycles. The Hall–Kier alpha value is -2.17. The quantitative estimate of drug-likeness (QED) is 0.835. The van der Waals surface area contributed by atoms with Crippen LogP contribution < -0.4 is 0 Å². The van der Waals surface area contributed by atoms with Crippen molar-refractivity contribution in [3.63, 3.8) is 0 Å². The van der Waals surface area contributed by atoms with Gasteiger partial charge in [0.25, 0.3) is 11.8 Å². The first-order valence-electron chi connectivity index (χ1n) is 6.24. The number of hydrogen-bond acceptors (Lipinski definition) is 3. The normalized spacial score (nSPS) is 20.1. The topological polar surface area (TPSA) is 74.7 Å². The molecule has 98 valence electrons. The van der Waals surface area contributed by atoms with E-state index in [1.165, 1.54) is 0 Å². The molecular formula is C14H13NO4. The molecule has 1 aliphatic carbocycles. The highest BCUT2D eigenvalue weighted by molar-refractivity contribution is 6.21. The Kier molecular flexibility index (Phi) is 2.45. The highest BCUT2D eigenvalue weighted by atomic mass is 16.4. The molecule has 0 atom stereocenters. The molecule has 1 aromatic carbocycles. The number of amides is 2. The predicted molar refractivity (Wildman–Crippen MR) is 65.7 cm³/mol. The van der Waals surface area contributed by atoms with Gasteiger partial charge in [-0.15, -0.1) is 0 Å². The van der Waals surface area contributed by atoms with E-state index in [-0.39, 0.29) is 18.4 Å². The molecule has 1 aromatic rings. The third-order valence-electron chi connectivity index (χ3n) is 4.10. The smallest absolute Gasteiger partial charge is 0.311 e. The molecule has 19 heavy (non-hydrogen) atoms. The second kappa shape index (κ2) is 3.91. The van der Waals surface area contributed by atoms with Crippen LogP contribution in [0.5, 0.6) is 0 Å². The van der Waals surface area contributed by atoms with E-state index in [0.717, 1.165) is 11.3 Å². The number of carbonyl (C=O) groups is 3. The fourth-order valence-electron chi connectivity index (χ4n) is 2.73. The van der Waals surface area contributed by atoms with Crippen molar-refractivity contribution < 1.29 is 19.5 Å². The first-order chi connectivity index (χ1) is 9.05. The Balaban J connectivity index is 1.91. The summed E-state index contributed by atoms with van der Waals surface area (Å²) in [5.74, 6) is -1.68. The van der Waals surface area contributed by atoms with Crippen molar-refractivity contribution in [2.24, 2.45) is 5.41 Å². The van der Waals surface area contributed by atoms with Gasteiger partial charge in [0, 0.05) is 6.54 Å². The van der Waals surface area contributed by atoms with Gasteiger partial charge in [0.15, 0.2) is 0 Å². The summed E-state index contributed by atoms with van der Waals surface area (Å²) in [5, 5.41) is 9.28. The van der Waals surface area contributed by atoms with E-state index in [9.17, 15) is 19.5 Å². The third kappa shape index (κ3) is 1.58. The molecule has 1 fully saturated rings. The van der Waals surface area contributed by atoms with E-state index in [0.29, 0.717) is 24.0 Å². The minimum Gasteiger partial charge on any atom is -0.481 e. The maximum Gasteiger partial charge on any atom is 0.311 e. The van der Waals surface area contributed by atoms with E-state index in [4.69, 9.17) is 0 Å². The van der Waals surface area contributed by atoms with Crippen molar-refractivity contribution in [2.45, 2.75) is 19.3 Å². The number of hydrogen-bond donors (Lipinski definition) is 1. The van der Waals surface area contributed by atoms with Crippen LogP contribution in [0, 0.1) is 5.41 Å². The largest absolute Gasteiger partial charge is 0.481 e. The number of benzene rings is 1. The molecule has 0 bridgehead atoms. The molecule has 0 aromatic heterocycles. The third-order valence-corrected chi connectivity index (χ3v) is 4.10. The van der Waals surface area contributed by atoms with E-state index >= 15 is 0 Å². The lowest BCUT2D eigenvalue weighted by atomic mass is 9.68. The molecule has 5 nitrogen and oxygen atoms in total. The maximum atomic E-state index is 12.2. The van der Waals surface area contributed by atoms with Crippen LogP contribution in [-0.2, 0) is 4.79 Å². The van der Waals surface area contributed by atoms with Gasteiger partial charge in [-0.1, -0.05) is 18.6 Å². The fourth-order valence-corrected chi connectivity index (χ4v) is 2.73. The summed E-state index contributed by atoms with van der Waals surface area (Å²) < 4.78 is 0. The van der Waals surface area contributed by atoms with Crippen LogP contribution in [0.1, 0.15) is 40.0 Å². The molecule has 1 saturated carbocycles. The first kappa shape index (κ1) is 11.9. The molecule has 0 radical (unpaired) electrons. The summed E-state index contributed by atoms with van der Waals surface area (Å²) in [4.78, 5) is 36.7. The lowest BCUT2D eigenvalue weighted by Crippen LogP contribution is -2.49. The highest BCUT2D eigenvalue weighted by Crippen LogP contribution is 2.43. The molecule has 5 heteroatoms. The van der Waals surface area contributed by atoms with Gasteiger partial charge in [0.1, 0.15) is 0 Å². The molecule has 2 amide bonds. The molecule has 0 spiro atoms. The summed E-state index contributed by atoms with van der Waals surface area (Å²) in [6, 6.07) is 6.60. The fraction of sp³-hybridized carbons (Fsp3) is 0.357. The SMILES string of the molecule is O=C1c2ccccc2C(=O)N1CC1(C(=O)O)CCC1. The first-order valence-corrected chi connectivity index (χ1v) is 6.24. The standard InChI is InChI=1S/C14H13NO4/c16-11-9-4-1-2-5-10(9)12(17)15(11)8-14(13(18)19)6-3-7-14/h1-2,4-5H,3,6-8H2,(H,18,19). The predicted octanol–water partition coefficient (Wildman–Crippen LogP) is 1.54. The van der Waals surface area contributed by atoms with Gasteiger partial charge >= 0.3 is 5.97 Å². The van der Waals surface area contributed by atoms with Crippen molar-refractivity contribution in [3.05, 3.63) is 35.4 Å². The summed E-state index contributed by atoms with van der Waals surface area (Å²) in [6.07, 6.45) is 1.88. The van der Waals surface area contributed by atoms with Crippen LogP contribution in [-0.4, -0.2) is 34.3 Å². The van der Waals surface area contributed by atoms with E-state index in [2.05, 4.69) is 0 Å². The second-order valence-electron chi connectivity index (χ2n) is 5.18. The van der Waals surface area contributed by atoms with E-state index in [1.54, 1.807) is 24.3 Å². The Labute approximate surface area is 109 Å². The molecular weight excluding hydrogens is 246 g/mol. The van der Waals surface area contributed by atoms with Crippen molar-refractivity contribution in [1.82, 2.24) is 4.90 Å². The van der Waals surface area contributed by atoms with Gasteiger partial charge in [-0.25, -0.2) is 0 Å². The molecule has 3 rings (SSSR count). The van der Waals surface area contributed by atoms with Crippen LogP contribution >= 0.6 is 0 Å². The Morgan fingerprint density at radius 1 is 1.16 bits per heavy atom. The van der Waals surface area contributed by atoms with Crippen LogP contribution in [0.25, 0.3) is 0 Å². The van der Waals surface area contributed by atoms with Crippen molar-refractivity contribution in [1.29, 1.82) is 0 Å². The van der Waals surface area contributed by atoms with Gasteiger partial charge in [-0.3, -0.25) is 19.3 Å². The molecule has 1 aliphatic heterocycles. The minimum atomic E-state index is -0.937. The average Bonchev–Trinajstić information content (AvgIpc) is 2.58. The van der Waals surface area contributed by atoms with Gasteiger partial charge < -0.3 is 5.11 Å². The highest BCUT2D eigenvalue weighted by Gasteiger charge is 2.49. The molecule has 0 unspecified atom stereocenters. The summed E-state index contributed by atoms with van der Waals surface area (Å²) in [7, 11) is 0. The summed E-state index contributed by atoms with van der Waals surface area (Å²) in [5.41, 5.74) is -0.201. The number of fused-ring (bicyclic) bond motifs is 1. The minimum absolute atomic E-state index is 0.0192. The summed E-state index contributed by atoms with van der Waals surface area (Å²) in [6.45, 7) is -0.0192. The Morgan fingerprint density at radius 3 is 2.05 bits per heavy atom. The number of carbonyl (C=O) groups excluding carboxylic acids is 2. The van der Waals surface area contributed by atoms with Crippen LogP contribution in [0.4, 0.5) is 0 Å². The number of carboxylic acid groups (broad SMARTS) is 1. The van der Waals surface area contributed by atoms with E-state index < -0.39 is 11.4 Å². The number of nitrogens with zero attached hydrogens (tertiary/aromatic N) is 1. The average molecular weight is 259 g/mol. The number of carboxylic acids is 1. The van der Waals surface area contributed by atoms with Gasteiger partial charge in [0.2, 0.25) is 0 Å². The maximum absolute atomic E-state index is 12.2. The monoisotopic (exact) mass is 259 g/mol. The zero-order chi connectivity index (χ0) is 13.6. The lowest BCUT2D eigenvalue weighted by molar-refractivity contribution is -0.155. The second-order valence-corrected chi connectivity index (χ2v) is 5.18.